The summed E-state index contributed by atoms with van der Waals surface area (Å²) in [4.78, 5) is 16.8. The number of hydrogen-bond acceptors (Lipinski definition) is 3. The molecular formula is C13H10F3N3O. The molecule has 0 aliphatic heterocycles. The number of aromatic nitrogens is 1. The third-order valence-electron chi connectivity index (χ3n) is 2.62. The molecule has 1 amide bonds. The molecular weight excluding hydrogens is 271 g/mol. The van der Waals surface area contributed by atoms with E-state index < -0.39 is 28.9 Å². The van der Waals surface area contributed by atoms with Crippen molar-refractivity contribution in [2.75, 3.05) is 17.7 Å². The second-order valence-corrected chi connectivity index (χ2v) is 4.03. The molecule has 0 unspecified atom stereocenters. The Kier molecular flexibility index (Phi) is 3.60. The van der Waals surface area contributed by atoms with Gasteiger partial charge in [0.25, 0.3) is 5.91 Å². The number of benzene rings is 1. The summed E-state index contributed by atoms with van der Waals surface area (Å²) in [5.74, 6) is -4.36. The molecule has 1 heterocycles. The molecule has 1 aromatic carbocycles. The highest BCUT2D eigenvalue weighted by Crippen LogP contribution is 2.19. The van der Waals surface area contributed by atoms with Gasteiger partial charge in [-0.2, -0.15) is 0 Å². The first-order valence-electron chi connectivity index (χ1n) is 5.55. The fraction of sp³-hybridized carbons (Fsp3) is 0.0769. The zero-order chi connectivity index (χ0) is 14.9. The van der Waals surface area contributed by atoms with Gasteiger partial charge >= 0.3 is 0 Å². The lowest BCUT2D eigenvalue weighted by Gasteiger charge is -2.17. The monoisotopic (exact) mass is 281 g/mol. The number of nitrogens with zero attached hydrogens (tertiary/aromatic N) is 2. The van der Waals surface area contributed by atoms with Crippen molar-refractivity contribution in [1.82, 2.24) is 4.98 Å². The van der Waals surface area contributed by atoms with E-state index in [-0.39, 0.29) is 11.6 Å². The Morgan fingerprint density at radius 2 is 1.80 bits per heavy atom. The van der Waals surface area contributed by atoms with E-state index in [0.717, 1.165) is 4.90 Å². The largest absolute Gasteiger partial charge is 0.384 e. The molecule has 104 valence electrons. The van der Waals surface area contributed by atoms with Crippen molar-refractivity contribution in [2.45, 2.75) is 0 Å². The van der Waals surface area contributed by atoms with E-state index >= 15 is 0 Å². The van der Waals surface area contributed by atoms with Crippen LogP contribution in [0, 0.1) is 17.5 Å². The van der Waals surface area contributed by atoms with E-state index in [0.29, 0.717) is 12.1 Å². The normalized spacial score (nSPS) is 10.4. The van der Waals surface area contributed by atoms with Gasteiger partial charge in [-0.05, 0) is 12.1 Å². The SMILES string of the molecule is CN(C(=O)c1c(F)cc(F)cc1F)c1cccc(N)n1. The van der Waals surface area contributed by atoms with E-state index in [1.165, 1.54) is 19.2 Å². The Morgan fingerprint density at radius 3 is 2.35 bits per heavy atom. The third-order valence-corrected chi connectivity index (χ3v) is 2.62. The molecule has 0 saturated carbocycles. The zero-order valence-corrected chi connectivity index (χ0v) is 10.4. The van der Waals surface area contributed by atoms with E-state index in [9.17, 15) is 18.0 Å². The van der Waals surface area contributed by atoms with Crippen LogP contribution >= 0.6 is 0 Å². The minimum atomic E-state index is -1.27. The molecule has 20 heavy (non-hydrogen) atoms. The first-order valence-corrected chi connectivity index (χ1v) is 5.55. The Balaban J connectivity index is 2.41. The number of carbonyl (C=O) groups is 1. The summed E-state index contributed by atoms with van der Waals surface area (Å²) >= 11 is 0. The lowest BCUT2D eigenvalue weighted by Crippen LogP contribution is -2.29. The Hall–Kier alpha value is -2.57. The highest BCUT2D eigenvalue weighted by atomic mass is 19.1. The number of halogens is 3. The van der Waals surface area contributed by atoms with Crippen LogP contribution in [0.3, 0.4) is 0 Å². The molecule has 2 rings (SSSR count). The maximum atomic E-state index is 13.5. The molecule has 0 spiro atoms. The van der Waals surface area contributed by atoms with Gasteiger partial charge in [0.05, 0.1) is 0 Å². The fourth-order valence-corrected chi connectivity index (χ4v) is 1.64. The van der Waals surface area contributed by atoms with Gasteiger partial charge in [-0.25, -0.2) is 18.2 Å². The van der Waals surface area contributed by atoms with Crippen molar-refractivity contribution < 1.29 is 18.0 Å². The molecule has 2 aromatic rings. The summed E-state index contributed by atoms with van der Waals surface area (Å²) in [5.41, 5.74) is 4.62. The maximum Gasteiger partial charge on any atom is 0.265 e. The van der Waals surface area contributed by atoms with Crippen molar-refractivity contribution >= 4 is 17.5 Å². The van der Waals surface area contributed by atoms with Crippen LogP contribution in [0.25, 0.3) is 0 Å². The molecule has 0 bridgehead atoms. The highest BCUT2D eigenvalue weighted by Gasteiger charge is 2.23. The van der Waals surface area contributed by atoms with Crippen LogP contribution in [-0.4, -0.2) is 17.9 Å². The second kappa shape index (κ2) is 5.20. The second-order valence-electron chi connectivity index (χ2n) is 4.03. The summed E-state index contributed by atoms with van der Waals surface area (Å²) in [7, 11) is 1.28. The number of hydrogen-bond donors (Lipinski definition) is 1. The standard InChI is InChI=1S/C13H10F3N3O/c1-19(11-4-2-3-10(17)18-11)13(20)12-8(15)5-7(14)6-9(12)16/h2-6H,1H3,(H2,17,18). The number of amides is 1. The van der Waals surface area contributed by atoms with Crippen molar-refractivity contribution in [1.29, 1.82) is 0 Å². The van der Waals surface area contributed by atoms with Crippen molar-refractivity contribution in [3.8, 4) is 0 Å². The number of carbonyl (C=O) groups excluding carboxylic acids is 1. The highest BCUT2D eigenvalue weighted by molar-refractivity contribution is 6.05. The Labute approximate surface area is 112 Å². The number of nitrogen functional groups attached to an aromatic ring is 1. The smallest absolute Gasteiger partial charge is 0.265 e. The summed E-state index contributed by atoms with van der Waals surface area (Å²) in [6.07, 6.45) is 0. The molecule has 0 aliphatic carbocycles. The van der Waals surface area contributed by atoms with Crippen LogP contribution in [0.15, 0.2) is 30.3 Å². The zero-order valence-electron chi connectivity index (χ0n) is 10.4. The first-order chi connectivity index (χ1) is 9.40. The average molecular weight is 281 g/mol. The molecule has 0 saturated heterocycles. The summed E-state index contributed by atoms with van der Waals surface area (Å²) in [6.45, 7) is 0. The van der Waals surface area contributed by atoms with Crippen LogP contribution in [-0.2, 0) is 0 Å². The van der Waals surface area contributed by atoms with Crippen LogP contribution < -0.4 is 10.6 Å². The number of anilines is 2. The van der Waals surface area contributed by atoms with Gasteiger partial charge in [0, 0.05) is 19.2 Å². The number of pyridine rings is 1. The lowest BCUT2D eigenvalue weighted by atomic mass is 10.1. The summed E-state index contributed by atoms with van der Waals surface area (Å²) in [5, 5.41) is 0. The van der Waals surface area contributed by atoms with E-state index in [1.54, 1.807) is 6.07 Å². The molecule has 0 radical (unpaired) electrons. The Morgan fingerprint density at radius 1 is 1.20 bits per heavy atom. The lowest BCUT2D eigenvalue weighted by molar-refractivity contribution is 0.0984. The van der Waals surface area contributed by atoms with Crippen LogP contribution in [0.2, 0.25) is 0 Å². The number of rotatable bonds is 2. The molecule has 0 fully saturated rings. The molecule has 1 aromatic heterocycles. The Bertz CT molecular complexity index is 653. The first kappa shape index (κ1) is 13.9. The summed E-state index contributed by atoms with van der Waals surface area (Å²) in [6, 6.07) is 5.38. The molecule has 7 heteroatoms. The third kappa shape index (κ3) is 2.56. The van der Waals surface area contributed by atoms with E-state index in [4.69, 9.17) is 5.73 Å². The van der Waals surface area contributed by atoms with Gasteiger partial charge in [0.2, 0.25) is 0 Å². The van der Waals surface area contributed by atoms with Crippen molar-refractivity contribution in [2.24, 2.45) is 0 Å². The van der Waals surface area contributed by atoms with Gasteiger partial charge in [0.15, 0.2) is 0 Å². The predicted molar refractivity (Wildman–Crippen MR) is 67.7 cm³/mol. The van der Waals surface area contributed by atoms with Gasteiger partial charge in [0.1, 0.15) is 34.7 Å². The van der Waals surface area contributed by atoms with Crippen molar-refractivity contribution in [3.05, 3.63) is 53.3 Å². The minimum Gasteiger partial charge on any atom is -0.384 e. The minimum absolute atomic E-state index is 0.123. The fourth-order valence-electron chi connectivity index (χ4n) is 1.64. The topological polar surface area (TPSA) is 59.2 Å². The van der Waals surface area contributed by atoms with Crippen molar-refractivity contribution in [3.63, 3.8) is 0 Å². The van der Waals surface area contributed by atoms with Crippen LogP contribution in [0.4, 0.5) is 24.8 Å². The van der Waals surface area contributed by atoms with Gasteiger partial charge in [-0.3, -0.25) is 9.69 Å². The van der Waals surface area contributed by atoms with Gasteiger partial charge in [-0.1, -0.05) is 6.07 Å². The molecule has 4 nitrogen and oxygen atoms in total. The van der Waals surface area contributed by atoms with Crippen LogP contribution in [0.5, 0.6) is 0 Å². The molecule has 2 N–H and O–H groups in total. The average Bonchev–Trinajstić information content (AvgIpc) is 2.36. The van der Waals surface area contributed by atoms with Gasteiger partial charge < -0.3 is 5.73 Å². The van der Waals surface area contributed by atoms with E-state index in [2.05, 4.69) is 4.98 Å². The van der Waals surface area contributed by atoms with E-state index in [1.807, 2.05) is 0 Å². The maximum absolute atomic E-state index is 13.5. The van der Waals surface area contributed by atoms with Crippen LogP contribution in [0.1, 0.15) is 10.4 Å². The number of nitrogens with two attached hydrogens (primary N) is 1. The quantitative estimate of drug-likeness (QED) is 0.919. The van der Waals surface area contributed by atoms with Gasteiger partial charge in [-0.15, -0.1) is 0 Å². The summed E-state index contributed by atoms with van der Waals surface area (Å²) < 4.78 is 39.9. The predicted octanol–water partition coefficient (Wildman–Crippen LogP) is 2.36. The molecule has 0 aliphatic rings. The molecule has 0 atom stereocenters.